The molecule has 0 aliphatic rings. The van der Waals surface area contributed by atoms with Gasteiger partial charge in [-0.15, -0.1) is 0 Å². The average Bonchev–Trinajstić information content (AvgIpc) is 2.64. The van der Waals surface area contributed by atoms with E-state index in [9.17, 15) is 9.18 Å². The van der Waals surface area contributed by atoms with Crippen molar-refractivity contribution in [1.82, 2.24) is 4.57 Å². The van der Waals surface area contributed by atoms with Crippen molar-refractivity contribution in [3.05, 3.63) is 87.6 Å². The molecule has 0 atom stereocenters. The zero-order valence-electron chi connectivity index (χ0n) is 15.3. The molecule has 3 aromatic rings. The minimum atomic E-state index is -0.425. The van der Waals surface area contributed by atoms with E-state index in [1.54, 1.807) is 24.4 Å². The summed E-state index contributed by atoms with van der Waals surface area (Å²) in [6, 6.07) is 15.4. The number of benzene rings is 2. The molecule has 0 saturated heterocycles. The second kappa shape index (κ2) is 8.40. The molecule has 0 amide bonds. The molecule has 3 nitrogen and oxygen atoms in total. The summed E-state index contributed by atoms with van der Waals surface area (Å²) in [7, 11) is 0. The molecule has 0 saturated carbocycles. The fourth-order valence-corrected chi connectivity index (χ4v) is 2.82. The minimum Gasteiger partial charge on any atom is -0.493 e. The Kier molecular flexibility index (Phi) is 5.97. The highest BCUT2D eigenvalue weighted by Crippen LogP contribution is 2.22. The number of rotatable bonds is 6. The monoisotopic (exact) mass is 385 g/mol. The van der Waals surface area contributed by atoms with Crippen LogP contribution in [-0.4, -0.2) is 11.2 Å². The van der Waals surface area contributed by atoms with Crippen molar-refractivity contribution in [2.75, 3.05) is 6.61 Å². The Bertz CT molecular complexity index is 980. The fraction of sp³-hybridized carbons (Fsp3) is 0.227. The van der Waals surface area contributed by atoms with Crippen LogP contribution in [0.2, 0.25) is 5.02 Å². The third kappa shape index (κ3) is 4.98. The van der Waals surface area contributed by atoms with Crippen LogP contribution >= 0.6 is 11.6 Å². The lowest BCUT2D eigenvalue weighted by molar-refractivity contribution is 0.271. The van der Waals surface area contributed by atoms with Gasteiger partial charge in [-0.25, -0.2) is 4.39 Å². The van der Waals surface area contributed by atoms with E-state index in [0.717, 1.165) is 16.9 Å². The number of nitrogens with zero attached hydrogens (tertiary/aromatic N) is 1. The third-order valence-electron chi connectivity index (χ3n) is 4.11. The van der Waals surface area contributed by atoms with Crippen LogP contribution in [-0.2, 0) is 6.54 Å². The normalized spacial score (nSPS) is 11.0. The first-order valence-corrected chi connectivity index (χ1v) is 9.18. The first-order chi connectivity index (χ1) is 12.9. The van der Waals surface area contributed by atoms with Crippen molar-refractivity contribution in [2.24, 2.45) is 5.92 Å². The Morgan fingerprint density at radius 1 is 1.04 bits per heavy atom. The van der Waals surface area contributed by atoms with Gasteiger partial charge in [-0.1, -0.05) is 43.6 Å². The van der Waals surface area contributed by atoms with Crippen LogP contribution < -0.4 is 10.3 Å². The maximum Gasteiger partial charge on any atom is 0.250 e. The topological polar surface area (TPSA) is 31.2 Å². The van der Waals surface area contributed by atoms with E-state index in [2.05, 4.69) is 13.8 Å². The molecule has 27 heavy (non-hydrogen) atoms. The van der Waals surface area contributed by atoms with Crippen LogP contribution in [0.3, 0.4) is 0 Å². The fourth-order valence-electron chi connectivity index (χ4n) is 2.67. The van der Waals surface area contributed by atoms with Crippen LogP contribution in [0.25, 0.3) is 11.1 Å². The molecule has 5 heteroatoms. The molecule has 3 rings (SSSR count). The predicted molar refractivity (Wildman–Crippen MR) is 107 cm³/mol. The standard InChI is InChI=1S/C22H21ClFNO2/c1-15(2)14-27-20-8-4-16(5-9-20)17-6-10-22(26)25(12-17)13-18-3-7-19(23)11-21(18)24/h3-12,15H,13-14H2,1-2H3. The van der Waals surface area contributed by atoms with E-state index >= 15 is 0 Å². The van der Waals surface area contributed by atoms with Gasteiger partial charge in [-0.05, 0) is 47.4 Å². The zero-order chi connectivity index (χ0) is 19.4. The van der Waals surface area contributed by atoms with Gasteiger partial charge in [0.15, 0.2) is 0 Å². The van der Waals surface area contributed by atoms with Gasteiger partial charge in [-0.2, -0.15) is 0 Å². The number of aromatic nitrogens is 1. The van der Waals surface area contributed by atoms with Crippen molar-refractivity contribution in [1.29, 1.82) is 0 Å². The van der Waals surface area contributed by atoms with Crippen LogP contribution in [0, 0.1) is 11.7 Å². The molecule has 0 aliphatic heterocycles. The Balaban J connectivity index is 1.83. The van der Waals surface area contributed by atoms with Gasteiger partial charge >= 0.3 is 0 Å². The molecule has 0 unspecified atom stereocenters. The molecule has 0 radical (unpaired) electrons. The number of pyridine rings is 1. The molecule has 0 spiro atoms. The summed E-state index contributed by atoms with van der Waals surface area (Å²) in [6.45, 7) is 5.00. The second-order valence-electron chi connectivity index (χ2n) is 6.85. The number of hydrogen-bond donors (Lipinski definition) is 0. The van der Waals surface area contributed by atoms with Gasteiger partial charge in [0, 0.05) is 22.8 Å². The zero-order valence-corrected chi connectivity index (χ0v) is 16.0. The van der Waals surface area contributed by atoms with Gasteiger partial charge in [-0.3, -0.25) is 4.79 Å². The Morgan fingerprint density at radius 3 is 2.41 bits per heavy atom. The number of hydrogen-bond acceptors (Lipinski definition) is 2. The molecular formula is C22H21ClFNO2. The number of halogens is 2. The maximum absolute atomic E-state index is 14.1. The smallest absolute Gasteiger partial charge is 0.250 e. The summed E-state index contributed by atoms with van der Waals surface area (Å²) in [5, 5.41) is 0.331. The highest BCUT2D eigenvalue weighted by Gasteiger charge is 2.07. The second-order valence-corrected chi connectivity index (χ2v) is 7.29. The van der Waals surface area contributed by atoms with Gasteiger partial charge in [0.25, 0.3) is 5.56 Å². The Morgan fingerprint density at radius 2 is 1.74 bits per heavy atom. The maximum atomic E-state index is 14.1. The summed E-state index contributed by atoms with van der Waals surface area (Å²) in [6.07, 6.45) is 1.74. The lowest BCUT2D eigenvalue weighted by Gasteiger charge is -2.11. The lowest BCUT2D eigenvalue weighted by atomic mass is 10.1. The predicted octanol–water partition coefficient (Wildman–Crippen LogP) is 5.39. The quantitative estimate of drug-likeness (QED) is 0.569. The summed E-state index contributed by atoms with van der Waals surface area (Å²) in [5.41, 5.74) is 2.05. The molecule has 1 aromatic heterocycles. The molecule has 2 aromatic carbocycles. The van der Waals surface area contributed by atoms with Gasteiger partial charge in [0.2, 0.25) is 0 Å². The van der Waals surface area contributed by atoms with E-state index in [-0.39, 0.29) is 12.1 Å². The summed E-state index contributed by atoms with van der Waals surface area (Å²) in [5.74, 6) is 0.844. The van der Waals surface area contributed by atoms with E-state index < -0.39 is 5.82 Å². The molecule has 0 aliphatic carbocycles. The van der Waals surface area contributed by atoms with Gasteiger partial charge in [0.1, 0.15) is 11.6 Å². The molecule has 0 bridgehead atoms. The lowest BCUT2D eigenvalue weighted by Crippen LogP contribution is -2.19. The largest absolute Gasteiger partial charge is 0.493 e. The van der Waals surface area contributed by atoms with E-state index in [0.29, 0.717) is 23.1 Å². The van der Waals surface area contributed by atoms with Crippen molar-refractivity contribution in [2.45, 2.75) is 20.4 Å². The first-order valence-electron chi connectivity index (χ1n) is 8.80. The molecule has 140 valence electrons. The molecule has 1 heterocycles. The van der Waals surface area contributed by atoms with Gasteiger partial charge in [0.05, 0.1) is 13.2 Å². The van der Waals surface area contributed by atoms with Crippen molar-refractivity contribution in [3.8, 4) is 16.9 Å². The third-order valence-corrected chi connectivity index (χ3v) is 4.35. The van der Waals surface area contributed by atoms with Crippen LogP contribution in [0.5, 0.6) is 5.75 Å². The van der Waals surface area contributed by atoms with Crippen molar-refractivity contribution < 1.29 is 9.13 Å². The average molecular weight is 386 g/mol. The number of ether oxygens (including phenoxy) is 1. The first kappa shape index (κ1) is 19.2. The van der Waals surface area contributed by atoms with E-state index in [1.165, 1.54) is 16.7 Å². The summed E-state index contributed by atoms with van der Waals surface area (Å²) in [4.78, 5) is 12.2. The van der Waals surface area contributed by atoms with Crippen LogP contribution in [0.4, 0.5) is 4.39 Å². The summed E-state index contributed by atoms with van der Waals surface area (Å²) < 4.78 is 21.2. The van der Waals surface area contributed by atoms with Crippen molar-refractivity contribution >= 4 is 11.6 Å². The van der Waals surface area contributed by atoms with Gasteiger partial charge < -0.3 is 9.30 Å². The molecule has 0 N–H and O–H groups in total. The van der Waals surface area contributed by atoms with E-state index in [1.807, 2.05) is 24.3 Å². The minimum absolute atomic E-state index is 0.144. The highest BCUT2D eigenvalue weighted by atomic mass is 35.5. The Hall–Kier alpha value is -2.59. The van der Waals surface area contributed by atoms with E-state index in [4.69, 9.17) is 16.3 Å². The molecule has 0 fully saturated rings. The Labute approximate surface area is 163 Å². The SMILES string of the molecule is CC(C)COc1ccc(-c2ccc(=O)n(Cc3ccc(Cl)cc3F)c2)cc1. The summed E-state index contributed by atoms with van der Waals surface area (Å²) >= 11 is 5.79. The van der Waals surface area contributed by atoms with Crippen LogP contribution in [0.1, 0.15) is 19.4 Å². The van der Waals surface area contributed by atoms with Crippen LogP contribution in [0.15, 0.2) is 65.6 Å². The highest BCUT2D eigenvalue weighted by molar-refractivity contribution is 6.30. The molecular weight excluding hydrogens is 365 g/mol. The van der Waals surface area contributed by atoms with Crippen molar-refractivity contribution in [3.63, 3.8) is 0 Å².